The molecule has 1 atom stereocenters. The molecule has 1 unspecified atom stereocenters. The zero-order valence-corrected chi connectivity index (χ0v) is 13.7. The molecular weight excluding hydrogens is 327 g/mol. The van der Waals surface area contributed by atoms with Gasteiger partial charge in [0, 0.05) is 40.6 Å². The lowest BCUT2D eigenvalue weighted by Crippen LogP contribution is -2.27. The van der Waals surface area contributed by atoms with Gasteiger partial charge in [-0.15, -0.1) is 0 Å². The first kappa shape index (κ1) is 15.7. The Morgan fingerprint density at radius 2 is 2.12 bits per heavy atom. The Labute approximate surface area is 143 Å². The van der Waals surface area contributed by atoms with Gasteiger partial charge in [-0.05, 0) is 53.4 Å². The number of hydrogen-bond acceptors (Lipinski definition) is 4. The number of aromatic nitrogens is 1. The van der Waals surface area contributed by atoms with E-state index >= 15 is 0 Å². The fourth-order valence-electron chi connectivity index (χ4n) is 3.05. The molecule has 0 fully saturated rings. The predicted octanol–water partition coefficient (Wildman–Crippen LogP) is 3.15. The summed E-state index contributed by atoms with van der Waals surface area (Å²) in [5.41, 5.74) is 4.11. The highest BCUT2D eigenvalue weighted by Crippen LogP contribution is 2.39. The second-order valence-corrected chi connectivity index (χ2v) is 7.10. The van der Waals surface area contributed by atoms with Crippen molar-refractivity contribution < 1.29 is 14.6 Å². The number of H-pyrrole nitrogens is 1. The molecule has 2 heterocycles. The van der Waals surface area contributed by atoms with Crippen LogP contribution < -0.4 is 0 Å². The number of hydrogen-bond donors (Lipinski definition) is 3. The van der Waals surface area contributed by atoms with Crippen LogP contribution in [-0.2, 0) is 6.54 Å². The lowest BCUT2D eigenvalue weighted by atomic mass is 10.0. The lowest BCUT2D eigenvalue weighted by molar-refractivity contribution is 0.0804. The Bertz CT molecular complexity index is 896. The van der Waals surface area contributed by atoms with Gasteiger partial charge in [-0.2, -0.15) is 0 Å². The van der Waals surface area contributed by atoms with E-state index in [4.69, 9.17) is 5.11 Å². The summed E-state index contributed by atoms with van der Waals surface area (Å²) in [5, 5.41) is 19.6. The van der Waals surface area contributed by atoms with Crippen molar-refractivity contribution in [3.63, 3.8) is 0 Å². The molecule has 4 rings (SSSR count). The van der Waals surface area contributed by atoms with Gasteiger partial charge in [-0.1, -0.05) is 6.07 Å². The normalized spacial score (nSPS) is 15.8. The zero-order chi connectivity index (χ0) is 16.7. The molecule has 1 aliphatic heterocycles. The second-order valence-electron chi connectivity index (χ2n) is 5.96. The highest BCUT2D eigenvalue weighted by molar-refractivity contribution is 7.97. The number of halogens is 1. The van der Waals surface area contributed by atoms with Crippen LogP contribution in [0.5, 0.6) is 0 Å². The van der Waals surface area contributed by atoms with Crippen molar-refractivity contribution in [3.8, 4) is 11.1 Å². The van der Waals surface area contributed by atoms with Crippen LogP contribution in [0.2, 0.25) is 0 Å². The largest absolute Gasteiger partial charge is 0.394 e. The molecule has 4 nitrogen and oxygen atoms in total. The molecule has 0 radical (unpaired) electrons. The number of rotatable bonds is 4. The average Bonchev–Trinajstić information content (AvgIpc) is 3.16. The fourth-order valence-corrected chi connectivity index (χ4v) is 4.15. The van der Waals surface area contributed by atoms with Gasteiger partial charge in [0.2, 0.25) is 0 Å². The Hall–Kier alpha value is -1.86. The highest BCUT2D eigenvalue weighted by atomic mass is 32.2. The minimum atomic E-state index is -0.727. The number of aliphatic hydroxyl groups excluding tert-OH is 2. The summed E-state index contributed by atoms with van der Waals surface area (Å²) in [4.78, 5) is 4.28. The maximum atomic E-state index is 13.3. The van der Waals surface area contributed by atoms with Crippen molar-refractivity contribution in [2.45, 2.75) is 17.5 Å². The van der Waals surface area contributed by atoms with Crippen LogP contribution >= 0.6 is 11.9 Å². The van der Waals surface area contributed by atoms with Crippen molar-refractivity contribution in [2.75, 3.05) is 13.2 Å². The third kappa shape index (κ3) is 2.82. The number of nitrogens with zero attached hydrogens (tertiary/aromatic N) is 1. The molecule has 3 aromatic rings. The average molecular weight is 344 g/mol. The van der Waals surface area contributed by atoms with Crippen LogP contribution in [0.25, 0.3) is 22.0 Å². The first-order valence-electron chi connectivity index (χ1n) is 7.76. The van der Waals surface area contributed by atoms with Crippen molar-refractivity contribution in [1.82, 2.24) is 9.29 Å². The van der Waals surface area contributed by atoms with E-state index < -0.39 is 6.10 Å². The van der Waals surface area contributed by atoms with E-state index in [1.54, 1.807) is 18.0 Å². The molecule has 0 spiro atoms. The molecule has 3 N–H and O–H groups in total. The number of aliphatic hydroxyl groups is 2. The second kappa shape index (κ2) is 6.22. The number of benzene rings is 2. The quantitative estimate of drug-likeness (QED) is 0.637. The number of β-amino-alcohol motifs (C(OH)–C–C–N with tert-alkyl or cyclic N) is 1. The van der Waals surface area contributed by atoms with Gasteiger partial charge in [-0.25, -0.2) is 8.70 Å². The molecule has 0 bridgehead atoms. The van der Waals surface area contributed by atoms with E-state index in [0.717, 1.165) is 33.5 Å². The summed E-state index contributed by atoms with van der Waals surface area (Å²) >= 11 is 1.60. The Kier molecular flexibility index (Phi) is 4.05. The standard InChI is InChI=1S/C18H17FN2O2S/c19-13-2-3-15-16(7-20-17(15)6-13)11-1-4-18-12(5-11)8-21(24-18)9-14(23)10-22/h1-7,14,20,22-23H,8-10H2. The molecular formula is C18H17FN2O2S. The van der Waals surface area contributed by atoms with Gasteiger partial charge >= 0.3 is 0 Å². The van der Waals surface area contributed by atoms with Gasteiger partial charge in [0.05, 0.1) is 12.7 Å². The summed E-state index contributed by atoms with van der Waals surface area (Å²) in [6.07, 6.45) is 1.18. The van der Waals surface area contributed by atoms with Crippen molar-refractivity contribution in [1.29, 1.82) is 0 Å². The third-order valence-electron chi connectivity index (χ3n) is 4.21. The Morgan fingerprint density at radius 1 is 1.25 bits per heavy atom. The molecule has 24 heavy (non-hydrogen) atoms. The molecule has 1 aliphatic rings. The predicted molar refractivity (Wildman–Crippen MR) is 93.1 cm³/mol. The Morgan fingerprint density at radius 3 is 2.96 bits per heavy atom. The summed E-state index contributed by atoms with van der Waals surface area (Å²) in [7, 11) is 0. The number of nitrogens with one attached hydrogen (secondary N) is 1. The van der Waals surface area contributed by atoms with Crippen molar-refractivity contribution >= 4 is 22.9 Å². The van der Waals surface area contributed by atoms with E-state index in [0.29, 0.717) is 6.54 Å². The smallest absolute Gasteiger partial charge is 0.125 e. The molecule has 6 heteroatoms. The molecule has 1 aromatic heterocycles. The van der Waals surface area contributed by atoms with Gasteiger partial charge < -0.3 is 15.2 Å². The topological polar surface area (TPSA) is 59.5 Å². The minimum absolute atomic E-state index is 0.232. The molecule has 0 saturated carbocycles. The Balaban J connectivity index is 1.64. The summed E-state index contributed by atoms with van der Waals surface area (Å²) in [5.74, 6) is -0.251. The first-order valence-corrected chi connectivity index (χ1v) is 8.53. The SMILES string of the molecule is OCC(O)CN1Cc2cc(-c3c[nH]c4cc(F)ccc34)ccc2S1. The highest BCUT2D eigenvalue weighted by Gasteiger charge is 2.22. The van der Waals surface area contributed by atoms with Crippen LogP contribution in [-0.4, -0.2) is 38.8 Å². The van der Waals surface area contributed by atoms with Gasteiger partial charge in [0.1, 0.15) is 5.82 Å². The maximum Gasteiger partial charge on any atom is 0.125 e. The van der Waals surface area contributed by atoms with Crippen LogP contribution in [0.4, 0.5) is 4.39 Å². The van der Waals surface area contributed by atoms with Gasteiger partial charge in [0.15, 0.2) is 0 Å². The third-order valence-corrected chi connectivity index (χ3v) is 5.35. The maximum absolute atomic E-state index is 13.3. The van der Waals surface area contributed by atoms with E-state index in [-0.39, 0.29) is 12.4 Å². The van der Waals surface area contributed by atoms with Gasteiger partial charge in [0.25, 0.3) is 0 Å². The summed E-state index contributed by atoms with van der Waals surface area (Å²) < 4.78 is 15.4. The zero-order valence-electron chi connectivity index (χ0n) is 12.9. The molecule has 0 saturated heterocycles. The molecule has 0 aliphatic carbocycles. The van der Waals surface area contributed by atoms with Crippen LogP contribution in [0.3, 0.4) is 0 Å². The van der Waals surface area contributed by atoms with Crippen molar-refractivity contribution in [3.05, 3.63) is 54.0 Å². The lowest BCUT2D eigenvalue weighted by Gasteiger charge is -2.16. The number of aromatic amines is 1. The van der Waals surface area contributed by atoms with Gasteiger partial charge in [-0.3, -0.25) is 0 Å². The summed E-state index contributed by atoms with van der Waals surface area (Å²) in [6, 6.07) is 11.0. The van der Waals surface area contributed by atoms with Crippen molar-refractivity contribution in [2.24, 2.45) is 0 Å². The van der Waals surface area contributed by atoms with Crippen LogP contribution in [0.15, 0.2) is 47.5 Å². The van der Waals surface area contributed by atoms with E-state index in [9.17, 15) is 9.50 Å². The van der Waals surface area contributed by atoms with E-state index in [2.05, 4.69) is 23.2 Å². The minimum Gasteiger partial charge on any atom is -0.394 e. The monoisotopic (exact) mass is 344 g/mol. The fraction of sp³-hybridized carbons (Fsp3) is 0.222. The van der Waals surface area contributed by atoms with E-state index in [1.807, 2.05) is 10.5 Å². The van der Waals surface area contributed by atoms with Crippen LogP contribution in [0.1, 0.15) is 5.56 Å². The molecule has 124 valence electrons. The molecule has 2 aromatic carbocycles. The number of fused-ring (bicyclic) bond motifs is 2. The van der Waals surface area contributed by atoms with Crippen LogP contribution in [0, 0.1) is 5.82 Å². The summed E-state index contributed by atoms with van der Waals surface area (Å²) in [6.45, 7) is 0.921. The van der Waals surface area contributed by atoms with E-state index in [1.165, 1.54) is 17.7 Å². The first-order chi connectivity index (χ1) is 11.6. The molecule has 0 amide bonds.